The van der Waals surface area contributed by atoms with Crippen molar-refractivity contribution in [3.63, 3.8) is 0 Å². The molecule has 3 aromatic heterocycles. The van der Waals surface area contributed by atoms with Gasteiger partial charge in [0.2, 0.25) is 0 Å². The van der Waals surface area contributed by atoms with E-state index in [2.05, 4.69) is 180 Å². The van der Waals surface area contributed by atoms with Crippen molar-refractivity contribution in [3.8, 4) is 33.6 Å². The summed E-state index contributed by atoms with van der Waals surface area (Å²) in [5, 5.41) is 3.66. The van der Waals surface area contributed by atoms with E-state index in [0.29, 0.717) is 0 Å². The molecule has 0 spiro atoms. The fourth-order valence-electron chi connectivity index (χ4n) is 7.02. The minimum Gasteiger partial charge on any atom is -0.501 e. The molecule has 5 aromatic carbocycles. The number of nitrogens with zero attached hydrogens (tertiary/aromatic N) is 2. The normalized spacial score (nSPS) is 11.5. The van der Waals surface area contributed by atoms with Crippen LogP contribution in [0.15, 0.2) is 144 Å². The molecule has 0 saturated heterocycles. The zero-order chi connectivity index (χ0) is 37.9. The summed E-state index contributed by atoms with van der Waals surface area (Å²) in [6.07, 6.45) is 5.95. The van der Waals surface area contributed by atoms with Gasteiger partial charge in [0, 0.05) is 37.9 Å². The SMILES string of the molecule is CC(C)(C)Cc1ccnc(-c2[c-]ccc3c2oc2cc(-c4ccccc4)ccc23)c1.Cc1c[c-]c(-c2cc(Cc3ccccc3)c([Si](C)(C)C)cn2)cc1.[Ir]. The summed E-state index contributed by atoms with van der Waals surface area (Å²) in [4.78, 5) is 9.38. The third-order valence-electron chi connectivity index (χ3n) is 9.63. The summed E-state index contributed by atoms with van der Waals surface area (Å²) >= 11 is 0. The minimum absolute atomic E-state index is 0. The van der Waals surface area contributed by atoms with E-state index in [-0.39, 0.29) is 25.5 Å². The molecule has 3 nitrogen and oxygen atoms in total. The average molecular weight is 913 g/mol. The first-order valence-electron chi connectivity index (χ1n) is 18.8. The number of benzene rings is 5. The topological polar surface area (TPSA) is 38.9 Å². The van der Waals surface area contributed by atoms with Crippen molar-refractivity contribution in [2.45, 2.75) is 60.2 Å². The fourth-order valence-corrected chi connectivity index (χ4v) is 8.59. The Morgan fingerprint density at radius 3 is 2.13 bits per heavy atom. The van der Waals surface area contributed by atoms with Crippen molar-refractivity contribution in [1.82, 2.24) is 9.97 Å². The molecule has 0 aliphatic rings. The Labute approximate surface area is 341 Å². The Balaban J connectivity index is 0.000000188. The van der Waals surface area contributed by atoms with E-state index in [1.165, 1.54) is 33.0 Å². The monoisotopic (exact) mass is 913 g/mol. The van der Waals surface area contributed by atoms with Crippen LogP contribution in [0.2, 0.25) is 19.6 Å². The van der Waals surface area contributed by atoms with E-state index in [9.17, 15) is 0 Å². The standard InChI is InChI=1S/C28H24NO.C22H24NSi.Ir/c1-28(2,3)18-19-14-15-29-25(16-19)24-11-7-10-23-22-13-12-21(17-26(22)30-27(23)24)20-8-5-4-6-9-20;1-17-10-12-19(13-11-17)21-15-20(14-18-8-6-5-7-9-18)22(16-23-21)24(2,3)4;/h4-10,12-17H,18H2,1-3H3;5-12,15-16H,14H2,1-4H3;/q2*-1;. The maximum absolute atomic E-state index is 6.37. The maximum atomic E-state index is 6.37. The number of pyridine rings is 2. The van der Waals surface area contributed by atoms with Crippen LogP contribution in [0.3, 0.4) is 0 Å². The molecular weight excluding hydrogens is 865 g/mol. The molecule has 0 N–H and O–H groups in total. The summed E-state index contributed by atoms with van der Waals surface area (Å²) in [7, 11) is -1.44. The second-order valence-corrected chi connectivity index (χ2v) is 21.5. The van der Waals surface area contributed by atoms with E-state index in [0.717, 1.165) is 62.9 Å². The Morgan fingerprint density at radius 2 is 1.44 bits per heavy atom. The predicted octanol–water partition coefficient (Wildman–Crippen LogP) is 12.7. The number of aromatic nitrogens is 2. The third kappa shape index (κ3) is 9.66. The first-order chi connectivity index (χ1) is 25.9. The van der Waals surface area contributed by atoms with Crippen molar-refractivity contribution >= 4 is 35.2 Å². The van der Waals surface area contributed by atoms with Crippen LogP contribution in [-0.4, -0.2) is 18.0 Å². The van der Waals surface area contributed by atoms with Crippen LogP contribution in [0.5, 0.6) is 0 Å². The molecular formula is C50H48IrN2OSi-2. The molecule has 5 heteroatoms. The fraction of sp³-hybridized carbons (Fsp3) is 0.200. The minimum atomic E-state index is -1.44. The molecule has 0 atom stereocenters. The second kappa shape index (κ2) is 16.8. The smallest absolute Gasteiger partial charge is 0.121 e. The van der Waals surface area contributed by atoms with E-state index < -0.39 is 8.07 Å². The van der Waals surface area contributed by atoms with Crippen molar-refractivity contribution in [1.29, 1.82) is 0 Å². The first-order valence-corrected chi connectivity index (χ1v) is 22.3. The van der Waals surface area contributed by atoms with Crippen LogP contribution in [0.4, 0.5) is 0 Å². The van der Waals surface area contributed by atoms with Gasteiger partial charge in [0.15, 0.2) is 0 Å². The van der Waals surface area contributed by atoms with Crippen molar-refractivity contribution in [2.24, 2.45) is 5.41 Å². The summed E-state index contributed by atoms with van der Waals surface area (Å²) in [6, 6.07) is 51.1. The van der Waals surface area contributed by atoms with Gasteiger partial charge < -0.3 is 14.4 Å². The molecule has 0 aliphatic heterocycles. The molecule has 279 valence electrons. The molecule has 0 fully saturated rings. The van der Waals surface area contributed by atoms with Crippen molar-refractivity contribution in [2.75, 3.05) is 0 Å². The number of rotatable bonds is 7. The van der Waals surface area contributed by atoms with Crippen molar-refractivity contribution in [3.05, 3.63) is 174 Å². The zero-order valence-corrected chi connectivity index (χ0v) is 36.2. The molecule has 0 aliphatic carbocycles. The molecule has 55 heavy (non-hydrogen) atoms. The van der Waals surface area contributed by atoms with Crippen LogP contribution in [0, 0.1) is 24.5 Å². The Bertz CT molecular complexity index is 2510. The van der Waals surface area contributed by atoms with Gasteiger partial charge in [-0.15, -0.1) is 53.6 Å². The van der Waals surface area contributed by atoms with E-state index in [1.54, 1.807) is 0 Å². The summed E-state index contributed by atoms with van der Waals surface area (Å²) < 4.78 is 6.37. The maximum Gasteiger partial charge on any atom is 0.121 e. The van der Waals surface area contributed by atoms with Gasteiger partial charge in [0.05, 0.1) is 13.7 Å². The second-order valence-electron chi connectivity index (χ2n) is 16.5. The molecule has 1 radical (unpaired) electrons. The van der Waals surface area contributed by atoms with Crippen LogP contribution < -0.4 is 5.19 Å². The van der Waals surface area contributed by atoms with Gasteiger partial charge in [-0.25, -0.2) is 0 Å². The van der Waals surface area contributed by atoms with Crippen LogP contribution >= 0.6 is 0 Å². The van der Waals surface area contributed by atoms with Gasteiger partial charge in [0.1, 0.15) is 5.58 Å². The number of fused-ring (bicyclic) bond motifs is 3. The Morgan fingerprint density at radius 1 is 0.691 bits per heavy atom. The zero-order valence-electron chi connectivity index (χ0n) is 32.8. The molecule has 0 unspecified atom stereocenters. The molecule has 8 rings (SSSR count). The van der Waals surface area contributed by atoms with Gasteiger partial charge >= 0.3 is 0 Å². The van der Waals surface area contributed by atoms with E-state index >= 15 is 0 Å². The van der Waals surface area contributed by atoms with Crippen LogP contribution in [0.1, 0.15) is 43.0 Å². The largest absolute Gasteiger partial charge is 0.501 e. The summed E-state index contributed by atoms with van der Waals surface area (Å²) in [5.41, 5.74) is 13.5. The van der Waals surface area contributed by atoms with Crippen molar-refractivity contribution < 1.29 is 24.5 Å². The van der Waals surface area contributed by atoms with Gasteiger partial charge in [-0.1, -0.05) is 154 Å². The van der Waals surface area contributed by atoms with Gasteiger partial charge in [-0.3, -0.25) is 0 Å². The number of hydrogen-bond acceptors (Lipinski definition) is 3. The third-order valence-corrected chi connectivity index (χ3v) is 11.7. The van der Waals surface area contributed by atoms with Crippen LogP contribution in [-0.2, 0) is 32.9 Å². The summed E-state index contributed by atoms with van der Waals surface area (Å²) in [6.45, 7) is 16.0. The van der Waals surface area contributed by atoms with E-state index in [1.807, 2.05) is 24.4 Å². The first kappa shape index (κ1) is 39.8. The number of hydrogen-bond donors (Lipinski definition) is 0. The van der Waals surface area contributed by atoms with Crippen LogP contribution in [0.25, 0.3) is 55.6 Å². The number of aryl methyl sites for hydroxylation is 1. The molecule has 8 aromatic rings. The molecule has 0 amide bonds. The molecule has 0 saturated carbocycles. The van der Waals surface area contributed by atoms with Gasteiger partial charge in [-0.05, 0) is 63.7 Å². The Kier molecular flexibility index (Phi) is 12.2. The predicted molar refractivity (Wildman–Crippen MR) is 230 cm³/mol. The Hall–Kier alpha value is -4.93. The van der Waals surface area contributed by atoms with Gasteiger partial charge in [0.25, 0.3) is 0 Å². The molecule has 3 heterocycles. The molecule has 0 bridgehead atoms. The number of furan rings is 1. The van der Waals surface area contributed by atoms with Gasteiger partial charge in [-0.2, -0.15) is 0 Å². The summed E-state index contributed by atoms with van der Waals surface area (Å²) in [5.74, 6) is 0. The quantitative estimate of drug-likeness (QED) is 0.118. The van der Waals surface area contributed by atoms with E-state index in [4.69, 9.17) is 9.40 Å². The average Bonchev–Trinajstić information content (AvgIpc) is 3.53.